The summed E-state index contributed by atoms with van der Waals surface area (Å²) in [7, 11) is 0. The molecule has 0 bridgehead atoms. The molecule has 3 atom stereocenters. The van der Waals surface area contributed by atoms with Gasteiger partial charge in [0.25, 0.3) is 0 Å². The fourth-order valence-electron chi connectivity index (χ4n) is 3.57. The molecule has 1 aromatic heterocycles. The van der Waals surface area contributed by atoms with E-state index in [1.54, 1.807) is 0 Å². The first-order valence-electron chi connectivity index (χ1n) is 6.95. The van der Waals surface area contributed by atoms with Crippen molar-refractivity contribution in [3.8, 4) is 0 Å². The van der Waals surface area contributed by atoms with E-state index in [1.165, 1.54) is 11.3 Å². The molecule has 19 heavy (non-hydrogen) atoms. The van der Waals surface area contributed by atoms with Crippen molar-refractivity contribution in [3.63, 3.8) is 0 Å². The van der Waals surface area contributed by atoms with Crippen LogP contribution in [0.4, 0.5) is 0 Å². The maximum Gasteiger partial charge on any atom is 0.0785 e. The standard InChI is InChI=1S/C16H18N2O/c1-12-16-14(15-8-5-9-17(12)15)11-19-18(16)10-13-6-3-2-4-7-13/h2-9,12,14,16H,10-11H2,1H3/t12-,14+,16-/m0/s1. The van der Waals surface area contributed by atoms with Crippen LogP contribution in [0.3, 0.4) is 0 Å². The van der Waals surface area contributed by atoms with Crippen molar-refractivity contribution < 1.29 is 4.84 Å². The third-order valence-electron chi connectivity index (χ3n) is 4.47. The number of hydrogen-bond donors (Lipinski definition) is 0. The molecule has 3 heterocycles. The molecular weight excluding hydrogens is 236 g/mol. The van der Waals surface area contributed by atoms with Gasteiger partial charge in [0.15, 0.2) is 0 Å². The molecule has 0 amide bonds. The summed E-state index contributed by atoms with van der Waals surface area (Å²) in [5.74, 6) is 0.522. The van der Waals surface area contributed by atoms with Crippen LogP contribution in [0.5, 0.6) is 0 Å². The third kappa shape index (κ3) is 1.66. The summed E-state index contributed by atoms with van der Waals surface area (Å²) in [6.45, 7) is 3.98. The molecule has 0 aliphatic carbocycles. The number of nitrogens with zero attached hydrogens (tertiary/aromatic N) is 2. The molecule has 1 fully saturated rings. The number of fused-ring (bicyclic) bond motifs is 3. The van der Waals surface area contributed by atoms with Gasteiger partial charge in [-0.05, 0) is 24.6 Å². The number of hydrogen-bond acceptors (Lipinski definition) is 2. The van der Waals surface area contributed by atoms with E-state index < -0.39 is 0 Å². The van der Waals surface area contributed by atoms with Crippen LogP contribution in [0.2, 0.25) is 0 Å². The molecule has 98 valence electrons. The third-order valence-corrected chi connectivity index (χ3v) is 4.47. The minimum atomic E-state index is 0.469. The molecule has 1 aromatic carbocycles. The van der Waals surface area contributed by atoms with Gasteiger partial charge >= 0.3 is 0 Å². The van der Waals surface area contributed by atoms with E-state index in [9.17, 15) is 0 Å². The summed E-state index contributed by atoms with van der Waals surface area (Å²) in [4.78, 5) is 5.94. The van der Waals surface area contributed by atoms with Gasteiger partial charge in [-0.2, -0.15) is 5.06 Å². The second-order valence-electron chi connectivity index (χ2n) is 5.53. The fourth-order valence-corrected chi connectivity index (χ4v) is 3.57. The molecule has 0 unspecified atom stereocenters. The Balaban J connectivity index is 1.60. The summed E-state index contributed by atoms with van der Waals surface area (Å²) in [5, 5.41) is 2.18. The smallest absolute Gasteiger partial charge is 0.0785 e. The summed E-state index contributed by atoms with van der Waals surface area (Å²) in [6.07, 6.45) is 2.19. The number of benzene rings is 1. The lowest BCUT2D eigenvalue weighted by Gasteiger charge is -2.25. The second kappa shape index (κ2) is 4.22. The Kier molecular flexibility index (Phi) is 2.50. The first kappa shape index (κ1) is 11.3. The van der Waals surface area contributed by atoms with Crippen molar-refractivity contribution in [2.24, 2.45) is 0 Å². The average molecular weight is 254 g/mol. The molecule has 2 aliphatic heterocycles. The predicted octanol–water partition coefficient (Wildman–Crippen LogP) is 2.96. The lowest BCUT2D eigenvalue weighted by Crippen LogP contribution is -2.32. The summed E-state index contributed by atoms with van der Waals surface area (Å²) >= 11 is 0. The Hall–Kier alpha value is -1.58. The highest BCUT2D eigenvalue weighted by Gasteiger charge is 2.46. The zero-order valence-corrected chi connectivity index (χ0v) is 11.1. The number of rotatable bonds is 2. The van der Waals surface area contributed by atoms with E-state index >= 15 is 0 Å². The van der Waals surface area contributed by atoms with Gasteiger partial charge in [0.05, 0.1) is 12.6 Å². The minimum Gasteiger partial charge on any atom is -0.347 e. The molecule has 3 heteroatoms. The van der Waals surface area contributed by atoms with Crippen molar-refractivity contribution >= 4 is 0 Å². The maximum absolute atomic E-state index is 5.94. The molecule has 4 rings (SSSR count). The van der Waals surface area contributed by atoms with Crippen LogP contribution in [0.1, 0.15) is 30.1 Å². The lowest BCUT2D eigenvalue weighted by molar-refractivity contribution is -0.146. The highest BCUT2D eigenvalue weighted by Crippen LogP contribution is 2.44. The molecule has 0 radical (unpaired) electrons. The van der Waals surface area contributed by atoms with Gasteiger partial charge in [-0.15, -0.1) is 0 Å². The highest BCUT2D eigenvalue weighted by atomic mass is 16.7. The minimum absolute atomic E-state index is 0.469. The molecule has 1 saturated heterocycles. The maximum atomic E-state index is 5.94. The molecule has 3 nitrogen and oxygen atoms in total. The predicted molar refractivity (Wildman–Crippen MR) is 73.6 cm³/mol. The average Bonchev–Trinajstić information content (AvgIpc) is 3.09. The molecular formula is C16H18N2O. The van der Waals surface area contributed by atoms with Crippen molar-refractivity contribution in [2.75, 3.05) is 6.61 Å². The number of hydroxylamine groups is 2. The molecule has 2 aliphatic rings. The van der Waals surface area contributed by atoms with Gasteiger partial charge in [0.1, 0.15) is 0 Å². The van der Waals surface area contributed by atoms with E-state index in [4.69, 9.17) is 4.84 Å². The lowest BCUT2D eigenvalue weighted by atomic mass is 9.97. The summed E-state index contributed by atoms with van der Waals surface area (Å²) in [5.41, 5.74) is 2.74. The van der Waals surface area contributed by atoms with E-state index in [-0.39, 0.29) is 0 Å². The molecule has 0 spiro atoms. The van der Waals surface area contributed by atoms with Crippen molar-refractivity contribution in [1.29, 1.82) is 0 Å². The van der Waals surface area contributed by atoms with Crippen LogP contribution in [0, 0.1) is 0 Å². The Morgan fingerprint density at radius 1 is 1.16 bits per heavy atom. The Bertz CT molecular complexity index is 577. The SMILES string of the molecule is C[C@H]1[C@H]2[C@H](CON2Cc2ccccc2)c2cccn21. The molecule has 2 aromatic rings. The quantitative estimate of drug-likeness (QED) is 0.819. The molecule has 0 saturated carbocycles. The highest BCUT2D eigenvalue weighted by molar-refractivity contribution is 5.25. The summed E-state index contributed by atoms with van der Waals surface area (Å²) in [6, 6.07) is 15.9. The van der Waals surface area contributed by atoms with Crippen LogP contribution < -0.4 is 0 Å². The summed E-state index contributed by atoms with van der Waals surface area (Å²) < 4.78 is 2.40. The van der Waals surface area contributed by atoms with Gasteiger partial charge < -0.3 is 4.57 Å². The van der Waals surface area contributed by atoms with Crippen LogP contribution >= 0.6 is 0 Å². The van der Waals surface area contributed by atoms with Crippen LogP contribution in [-0.4, -0.2) is 22.3 Å². The van der Waals surface area contributed by atoms with Gasteiger partial charge in [-0.25, -0.2) is 0 Å². The van der Waals surface area contributed by atoms with Crippen molar-refractivity contribution in [2.45, 2.75) is 31.5 Å². The topological polar surface area (TPSA) is 17.4 Å². The van der Waals surface area contributed by atoms with Crippen LogP contribution in [-0.2, 0) is 11.4 Å². The molecule has 0 N–H and O–H groups in total. The largest absolute Gasteiger partial charge is 0.347 e. The van der Waals surface area contributed by atoms with Gasteiger partial charge in [-0.1, -0.05) is 30.3 Å². The Labute approximate surface area is 113 Å². The van der Waals surface area contributed by atoms with Crippen molar-refractivity contribution in [3.05, 3.63) is 59.9 Å². The fraction of sp³-hybridized carbons (Fsp3) is 0.375. The van der Waals surface area contributed by atoms with Gasteiger partial charge in [0, 0.05) is 30.4 Å². The van der Waals surface area contributed by atoms with E-state index in [1.807, 2.05) is 0 Å². The van der Waals surface area contributed by atoms with Crippen LogP contribution in [0.25, 0.3) is 0 Å². The van der Waals surface area contributed by atoms with E-state index in [0.717, 1.165) is 13.2 Å². The van der Waals surface area contributed by atoms with Crippen molar-refractivity contribution in [1.82, 2.24) is 9.63 Å². The van der Waals surface area contributed by atoms with Gasteiger partial charge in [-0.3, -0.25) is 4.84 Å². The number of aromatic nitrogens is 1. The Morgan fingerprint density at radius 3 is 2.84 bits per heavy atom. The van der Waals surface area contributed by atoms with Gasteiger partial charge in [0.2, 0.25) is 0 Å². The van der Waals surface area contributed by atoms with Crippen LogP contribution in [0.15, 0.2) is 48.7 Å². The first-order valence-corrected chi connectivity index (χ1v) is 6.95. The van der Waals surface area contributed by atoms with E-state index in [2.05, 4.69) is 65.2 Å². The zero-order valence-electron chi connectivity index (χ0n) is 11.1. The van der Waals surface area contributed by atoms with E-state index in [0.29, 0.717) is 18.0 Å². The monoisotopic (exact) mass is 254 g/mol. The normalized spacial score (nSPS) is 29.4. The second-order valence-corrected chi connectivity index (χ2v) is 5.53. The zero-order chi connectivity index (χ0) is 12.8. The Morgan fingerprint density at radius 2 is 2.00 bits per heavy atom. The first-order chi connectivity index (χ1) is 9.34.